The summed E-state index contributed by atoms with van der Waals surface area (Å²) < 4.78 is 4.43. The molecule has 1 heterocycles. The van der Waals surface area contributed by atoms with Gasteiger partial charge in [-0.3, -0.25) is 0 Å². The van der Waals surface area contributed by atoms with Gasteiger partial charge in [-0.2, -0.15) is 0 Å². The van der Waals surface area contributed by atoms with E-state index >= 15 is 0 Å². The Morgan fingerprint density at radius 3 is 1.79 bits per heavy atom. The van der Waals surface area contributed by atoms with Gasteiger partial charge in [-0.1, -0.05) is 95.6 Å². The first kappa shape index (κ1) is 14.2. The van der Waals surface area contributed by atoms with E-state index in [1.54, 1.807) is 6.26 Å². The lowest BCUT2D eigenvalue weighted by Gasteiger charge is -2.30. The minimum absolute atomic E-state index is 0.0509. The van der Waals surface area contributed by atoms with Crippen LogP contribution in [0.25, 0.3) is 0 Å². The second kappa shape index (κ2) is 5.21. The standard InChI is InChI=1S/C7H4Br6O/c8-6(9,10)5(7(11,12)13)4-2-1-3-14-4/h1-3,5H. The number of hydrogen-bond donors (Lipinski definition) is 0. The fourth-order valence-corrected chi connectivity index (χ4v) is 7.14. The summed E-state index contributed by atoms with van der Waals surface area (Å²) in [7, 11) is 0. The van der Waals surface area contributed by atoms with Gasteiger partial charge < -0.3 is 4.42 Å². The summed E-state index contributed by atoms with van der Waals surface area (Å²) in [5, 5.41) is 0. The normalized spacial score (nSPS) is 13.6. The maximum absolute atomic E-state index is 5.37. The summed E-state index contributed by atoms with van der Waals surface area (Å²) in [6, 6.07) is 3.75. The zero-order chi connectivity index (χ0) is 11.0. The monoisotopic (exact) mass is 578 g/mol. The first-order valence-electron chi connectivity index (χ1n) is 3.40. The highest BCUT2D eigenvalue weighted by molar-refractivity contribution is 9.40. The number of alkyl halides is 6. The van der Waals surface area contributed by atoms with Crippen molar-refractivity contribution in [3.63, 3.8) is 0 Å². The van der Waals surface area contributed by atoms with E-state index in [0.29, 0.717) is 0 Å². The quantitative estimate of drug-likeness (QED) is 0.368. The van der Waals surface area contributed by atoms with Crippen molar-refractivity contribution in [2.45, 2.75) is 10.2 Å². The fourth-order valence-electron chi connectivity index (χ4n) is 0.964. The van der Waals surface area contributed by atoms with Crippen molar-refractivity contribution in [3.05, 3.63) is 24.2 Å². The SMILES string of the molecule is BrC(Br)(Br)C(c1ccco1)C(Br)(Br)Br. The summed E-state index contributed by atoms with van der Waals surface area (Å²) in [5.41, 5.74) is 0. The Kier molecular flexibility index (Phi) is 5.29. The summed E-state index contributed by atoms with van der Waals surface area (Å²) in [6.07, 6.45) is 1.64. The lowest BCUT2D eigenvalue weighted by molar-refractivity contribution is 0.480. The molecule has 7 heteroatoms. The average molecular weight is 584 g/mol. The zero-order valence-corrected chi connectivity index (χ0v) is 16.0. The van der Waals surface area contributed by atoms with Crippen molar-refractivity contribution in [2.75, 3.05) is 0 Å². The first-order valence-corrected chi connectivity index (χ1v) is 8.15. The Balaban J connectivity index is 3.08. The van der Waals surface area contributed by atoms with E-state index in [2.05, 4.69) is 95.6 Å². The molecule has 1 aromatic rings. The van der Waals surface area contributed by atoms with Crippen molar-refractivity contribution in [2.24, 2.45) is 0 Å². The van der Waals surface area contributed by atoms with Crippen molar-refractivity contribution in [3.8, 4) is 0 Å². The van der Waals surface area contributed by atoms with Crippen molar-refractivity contribution in [1.29, 1.82) is 0 Å². The molecule has 1 nitrogen and oxygen atoms in total. The molecule has 0 aliphatic carbocycles. The van der Waals surface area contributed by atoms with Crippen LogP contribution < -0.4 is 0 Å². The molecule has 80 valence electrons. The largest absolute Gasteiger partial charge is 0.469 e. The van der Waals surface area contributed by atoms with E-state index in [9.17, 15) is 0 Å². The second-order valence-corrected chi connectivity index (χ2v) is 16.4. The Morgan fingerprint density at radius 1 is 1.00 bits per heavy atom. The van der Waals surface area contributed by atoms with Crippen LogP contribution in [0.4, 0.5) is 0 Å². The molecule has 0 saturated carbocycles. The lowest BCUT2D eigenvalue weighted by atomic mass is 10.1. The topological polar surface area (TPSA) is 13.1 Å². The lowest BCUT2D eigenvalue weighted by Crippen LogP contribution is -2.26. The van der Waals surface area contributed by atoms with Gasteiger partial charge in [0.2, 0.25) is 0 Å². The van der Waals surface area contributed by atoms with Crippen LogP contribution >= 0.6 is 95.6 Å². The molecular weight excluding hydrogens is 580 g/mol. The third-order valence-corrected chi connectivity index (χ3v) is 4.23. The molecule has 0 radical (unpaired) electrons. The van der Waals surface area contributed by atoms with E-state index in [4.69, 9.17) is 4.42 Å². The van der Waals surface area contributed by atoms with Gasteiger partial charge in [0.15, 0.2) is 0 Å². The van der Waals surface area contributed by atoms with Crippen molar-refractivity contribution >= 4 is 95.6 Å². The molecule has 0 amide bonds. The molecule has 0 atom stereocenters. The molecule has 0 unspecified atom stereocenters. The van der Waals surface area contributed by atoms with Crippen LogP contribution in [0.5, 0.6) is 0 Å². The van der Waals surface area contributed by atoms with Gasteiger partial charge in [0, 0.05) is 0 Å². The van der Waals surface area contributed by atoms with Gasteiger partial charge in [-0.15, -0.1) is 0 Å². The molecule has 0 spiro atoms. The van der Waals surface area contributed by atoms with Crippen LogP contribution in [0.15, 0.2) is 22.8 Å². The maximum atomic E-state index is 5.37. The van der Waals surface area contributed by atoms with Crippen molar-refractivity contribution < 1.29 is 4.42 Å². The molecule has 0 aromatic carbocycles. The van der Waals surface area contributed by atoms with E-state index in [-0.39, 0.29) is 5.92 Å². The number of furan rings is 1. The summed E-state index contributed by atoms with van der Waals surface area (Å²) in [6.45, 7) is 0. The third-order valence-electron chi connectivity index (χ3n) is 1.48. The Morgan fingerprint density at radius 2 is 1.50 bits per heavy atom. The van der Waals surface area contributed by atoms with Gasteiger partial charge in [0.1, 0.15) is 10.0 Å². The Hall–Kier alpha value is 2.16. The van der Waals surface area contributed by atoms with E-state index in [0.717, 1.165) is 5.76 Å². The molecule has 0 aliphatic heterocycles. The van der Waals surface area contributed by atoms with Crippen LogP contribution in [0, 0.1) is 0 Å². The number of rotatable bonds is 1. The smallest absolute Gasteiger partial charge is 0.147 e. The van der Waals surface area contributed by atoms with Gasteiger partial charge in [0.05, 0.1) is 12.2 Å². The minimum Gasteiger partial charge on any atom is -0.469 e. The fraction of sp³-hybridized carbons (Fsp3) is 0.429. The van der Waals surface area contributed by atoms with Crippen LogP contribution in [0.3, 0.4) is 0 Å². The van der Waals surface area contributed by atoms with Gasteiger partial charge in [-0.25, -0.2) is 0 Å². The van der Waals surface area contributed by atoms with Gasteiger partial charge in [-0.05, 0) is 12.1 Å². The highest BCUT2D eigenvalue weighted by Gasteiger charge is 2.46. The maximum Gasteiger partial charge on any atom is 0.147 e. The van der Waals surface area contributed by atoms with Crippen LogP contribution in [0.2, 0.25) is 0 Å². The highest BCUT2D eigenvalue weighted by Crippen LogP contribution is 2.59. The average Bonchev–Trinajstić information content (AvgIpc) is 2.31. The van der Waals surface area contributed by atoms with Crippen LogP contribution in [-0.4, -0.2) is 4.29 Å². The van der Waals surface area contributed by atoms with Gasteiger partial charge in [0.25, 0.3) is 0 Å². The molecule has 14 heavy (non-hydrogen) atoms. The Bertz CT molecular complexity index is 268. The molecule has 1 rings (SSSR count). The van der Waals surface area contributed by atoms with E-state index in [1.807, 2.05) is 12.1 Å². The molecular formula is C7H4Br6O. The number of hydrogen-bond acceptors (Lipinski definition) is 1. The molecule has 1 aromatic heterocycles. The predicted molar refractivity (Wildman–Crippen MR) is 80.5 cm³/mol. The van der Waals surface area contributed by atoms with Gasteiger partial charge >= 0.3 is 0 Å². The van der Waals surface area contributed by atoms with E-state index < -0.39 is 4.29 Å². The van der Waals surface area contributed by atoms with E-state index in [1.165, 1.54) is 0 Å². The van der Waals surface area contributed by atoms with Crippen LogP contribution in [-0.2, 0) is 0 Å². The Labute approximate surface area is 133 Å². The minimum atomic E-state index is -0.471. The first-order chi connectivity index (χ1) is 6.23. The predicted octanol–water partition coefficient (Wildman–Crippen LogP) is 6.04. The van der Waals surface area contributed by atoms with Crippen LogP contribution in [0.1, 0.15) is 11.7 Å². The zero-order valence-electron chi connectivity index (χ0n) is 6.49. The molecule has 0 bridgehead atoms. The summed E-state index contributed by atoms with van der Waals surface area (Å²) in [4.78, 5) is 0. The second-order valence-electron chi connectivity index (χ2n) is 2.53. The third kappa shape index (κ3) is 3.87. The highest BCUT2D eigenvalue weighted by atomic mass is 80.0. The summed E-state index contributed by atoms with van der Waals surface area (Å²) in [5.74, 6) is 0.770. The molecule has 0 aliphatic rings. The summed E-state index contributed by atoms with van der Waals surface area (Å²) >= 11 is 20.9. The molecule has 0 fully saturated rings. The number of halogens is 6. The van der Waals surface area contributed by atoms with Crippen molar-refractivity contribution in [1.82, 2.24) is 0 Å². The molecule has 0 N–H and O–H groups in total. The molecule has 0 saturated heterocycles.